The van der Waals surface area contributed by atoms with Crippen LogP contribution >= 0.6 is 0 Å². The second kappa shape index (κ2) is 6.62. The molecule has 0 saturated carbocycles. The van der Waals surface area contributed by atoms with Crippen molar-refractivity contribution in [3.8, 4) is 0 Å². The van der Waals surface area contributed by atoms with Crippen LogP contribution in [0.2, 0.25) is 0 Å². The van der Waals surface area contributed by atoms with E-state index in [1.807, 2.05) is 0 Å². The molecule has 11 heavy (non-hydrogen) atoms. The van der Waals surface area contributed by atoms with Crippen LogP contribution in [0.5, 0.6) is 0 Å². The molecule has 0 saturated heterocycles. The minimum absolute atomic E-state index is 0.585. The van der Waals surface area contributed by atoms with E-state index in [0.717, 1.165) is 13.0 Å². The van der Waals surface area contributed by atoms with Gasteiger partial charge < -0.3 is 10.6 Å². The van der Waals surface area contributed by atoms with Crippen LogP contribution in [-0.4, -0.2) is 31.1 Å². The fourth-order valence-corrected chi connectivity index (χ4v) is 1.25. The summed E-state index contributed by atoms with van der Waals surface area (Å²) in [6.45, 7) is 6.39. The Balaban J connectivity index is 3.51. The van der Waals surface area contributed by atoms with Gasteiger partial charge in [0.05, 0.1) is 0 Å². The molecule has 0 heterocycles. The average molecular weight is 158 g/mol. The SMILES string of the molecule is CCCCN(C)C(CC)CN. The second-order valence-corrected chi connectivity index (χ2v) is 3.13. The van der Waals surface area contributed by atoms with Crippen molar-refractivity contribution in [1.29, 1.82) is 0 Å². The Labute approximate surface area is 70.8 Å². The van der Waals surface area contributed by atoms with Gasteiger partial charge in [-0.05, 0) is 26.4 Å². The van der Waals surface area contributed by atoms with E-state index in [1.54, 1.807) is 0 Å². The minimum Gasteiger partial charge on any atom is -0.329 e. The molecule has 0 aromatic carbocycles. The molecule has 0 bridgehead atoms. The Morgan fingerprint density at radius 3 is 2.36 bits per heavy atom. The predicted octanol–water partition coefficient (Wildman–Crippen LogP) is 1.46. The van der Waals surface area contributed by atoms with Gasteiger partial charge in [-0.1, -0.05) is 20.3 Å². The summed E-state index contributed by atoms with van der Waals surface area (Å²) in [4.78, 5) is 2.36. The van der Waals surface area contributed by atoms with Gasteiger partial charge in [0.2, 0.25) is 0 Å². The zero-order chi connectivity index (χ0) is 8.69. The summed E-state index contributed by atoms with van der Waals surface area (Å²) < 4.78 is 0. The molecule has 1 atom stereocenters. The van der Waals surface area contributed by atoms with E-state index in [4.69, 9.17) is 5.73 Å². The summed E-state index contributed by atoms with van der Waals surface area (Å²) in [5.74, 6) is 0. The summed E-state index contributed by atoms with van der Waals surface area (Å²) in [5, 5.41) is 0. The van der Waals surface area contributed by atoms with E-state index >= 15 is 0 Å². The van der Waals surface area contributed by atoms with Crippen molar-refractivity contribution >= 4 is 0 Å². The molecule has 0 aromatic heterocycles. The molecule has 0 aliphatic carbocycles. The first-order chi connectivity index (χ1) is 5.26. The molecule has 2 nitrogen and oxygen atoms in total. The van der Waals surface area contributed by atoms with Crippen molar-refractivity contribution in [3.05, 3.63) is 0 Å². The van der Waals surface area contributed by atoms with Gasteiger partial charge in [-0.3, -0.25) is 0 Å². The first-order valence-electron chi connectivity index (χ1n) is 4.66. The lowest BCUT2D eigenvalue weighted by Crippen LogP contribution is -2.37. The molecule has 0 amide bonds. The van der Waals surface area contributed by atoms with E-state index < -0.39 is 0 Å². The van der Waals surface area contributed by atoms with E-state index in [2.05, 4.69) is 25.8 Å². The first-order valence-corrected chi connectivity index (χ1v) is 4.66. The lowest BCUT2D eigenvalue weighted by atomic mass is 10.2. The summed E-state index contributed by atoms with van der Waals surface area (Å²) >= 11 is 0. The molecule has 0 rings (SSSR count). The highest BCUT2D eigenvalue weighted by Crippen LogP contribution is 2.01. The summed E-state index contributed by atoms with van der Waals surface area (Å²) in [5.41, 5.74) is 5.61. The highest BCUT2D eigenvalue weighted by molar-refractivity contribution is 4.66. The number of rotatable bonds is 6. The molecule has 0 fully saturated rings. The van der Waals surface area contributed by atoms with Crippen molar-refractivity contribution in [2.24, 2.45) is 5.73 Å². The van der Waals surface area contributed by atoms with Crippen LogP contribution < -0.4 is 5.73 Å². The van der Waals surface area contributed by atoms with E-state index in [-0.39, 0.29) is 0 Å². The molecular formula is C9H22N2. The molecule has 68 valence electrons. The van der Waals surface area contributed by atoms with Gasteiger partial charge in [0.15, 0.2) is 0 Å². The van der Waals surface area contributed by atoms with Gasteiger partial charge in [-0.15, -0.1) is 0 Å². The molecule has 0 aromatic rings. The summed E-state index contributed by atoms with van der Waals surface area (Å²) in [7, 11) is 2.16. The van der Waals surface area contributed by atoms with Crippen LogP contribution in [0, 0.1) is 0 Å². The van der Waals surface area contributed by atoms with Gasteiger partial charge in [-0.2, -0.15) is 0 Å². The first kappa shape index (κ1) is 10.9. The van der Waals surface area contributed by atoms with Crippen LogP contribution in [0.4, 0.5) is 0 Å². The Morgan fingerprint density at radius 1 is 1.36 bits per heavy atom. The van der Waals surface area contributed by atoms with E-state index in [9.17, 15) is 0 Å². The Morgan fingerprint density at radius 2 is 2.00 bits per heavy atom. The standard InChI is InChI=1S/C9H22N2/c1-4-6-7-11(3)9(5-2)8-10/h9H,4-8,10H2,1-3H3. The molecule has 0 aliphatic rings. The van der Waals surface area contributed by atoms with Crippen LogP contribution in [0.15, 0.2) is 0 Å². The normalized spacial score (nSPS) is 13.9. The zero-order valence-corrected chi connectivity index (χ0v) is 8.14. The maximum Gasteiger partial charge on any atom is 0.0212 e. The van der Waals surface area contributed by atoms with E-state index in [1.165, 1.54) is 19.4 Å². The predicted molar refractivity (Wildman–Crippen MR) is 50.7 cm³/mol. The van der Waals surface area contributed by atoms with Gasteiger partial charge in [-0.25, -0.2) is 0 Å². The lowest BCUT2D eigenvalue weighted by Gasteiger charge is -2.25. The van der Waals surface area contributed by atoms with Crippen molar-refractivity contribution in [2.75, 3.05) is 20.1 Å². The molecule has 2 N–H and O–H groups in total. The molecule has 0 spiro atoms. The van der Waals surface area contributed by atoms with Gasteiger partial charge >= 0.3 is 0 Å². The monoisotopic (exact) mass is 158 g/mol. The van der Waals surface area contributed by atoms with Gasteiger partial charge in [0.25, 0.3) is 0 Å². The molecule has 1 unspecified atom stereocenters. The van der Waals surface area contributed by atoms with Gasteiger partial charge in [0, 0.05) is 12.6 Å². The topological polar surface area (TPSA) is 29.3 Å². The van der Waals surface area contributed by atoms with Crippen molar-refractivity contribution in [1.82, 2.24) is 4.90 Å². The highest BCUT2D eigenvalue weighted by atomic mass is 15.1. The van der Waals surface area contributed by atoms with Crippen LogP contribution in [0.25, 0.3) is 0 Å². The van der Waals surface area contributed by atoms with Crippen LogP contribution in [0.1, 0.15) is 33.1 Å². The summed E-state index contributed by atoms with van der Waals surface area (Å²) in [6.07, 6.45) is 3.72. The number of hydrogen-bond acceptors (Lipinski definition) is 2. The van der Waals surface area contributed by atoms with Crippen molar-refractivity contribution in [3.63, 3.8) is 0 Å². The van der Waals surface area contributed by atoms with Gasteiger partial charge in [0.1, 0.15) is 0 Å². The molecule has 2 heteroatoms. The third-order valence-corrected chi connectivity index (χ3v) is 2.23. The van der Waals surface area contributed by atoms with E-state index in [0.29, 0.717) is 6.04 Å². The smallest absolute Gasteiger partial charge is 0.0212 e. The average Bonchev–Trinajstić information content (AvgIpc) is 2.03. The largest absolute Gasteiger partial charge is 0.329 e. The van der Waals surface area contributed by atoms with Crippen molar-refractivity contribution in [2.45, 2.75) is 39.2 Å². The Bertz CT molecular complexity index is 79.6. The van der Waals surface area contributed by atoms with Crippen LogP contribution in [-0.2, 0) is 0 Å². The Kier molecular flexibility index (Phi) is 6.57. The molecule has 0 aliphatic heterocycles. The quantitative estimate of drug-likeness (QED) is 0.634. The number of nitrogens with two attached hydrogens (primary N) is 1. The number of hydrogen-bond donors (Lipinski definition) is 1. The summed E-state index contributed by atoms with van der Waals surface area (Å²) in [6, 6.07) is 0.585. The second-order valence-electron chi connectivity index (χ2n) is 3.13. The number of nitrogens with zero attached hydrogens (tertiary/aromatic N) is 1. The third-order valence-electron chi connectivity index (χ3n) is 2.23. The lowest BCUT2D eigenvalue weighted by molar-refractivity contribution is 0.237. The fourth-order valence-electron chi connectivity index (χ4n) is 1.25. The minimum atomic E-state index is 0.585. The maximum absolute atomic E-state index is 5.61. The van der Waals surface area contributed by atoms with Crippen LogP contribution in [0.3, 0.4) is 0 Å². The highest BCUT2D eigenvalue weighted by Gasteiger charge is 2.08. The molecule has 0 radical (unpaired) electrons. The Hall–Kier alpha value is -0.0800. The molecular weight excluding hydrogens is 136 g/mol. The number of likely N-dealkylation sites (N-methyl/N-ethyl adjacent to an activating group) is 1. The zero-order valence-electron chi connectivity index (χ0n) is 8.14. The van der Waals surface area contributed by atoms with Crippen molar-refractivity contribution < 1.29 is 0 Å². The third kappa shape index (κ3) is 4.38. The fraction of sp³-hybridized carbons (Fsp3) is 1.00. The number of unbranched alkanes of at least 4 members (excludes halogenated alkanes) is 1. The maximum atomic E-state index is 5.61.